The Morgan fingerprint density at radius 1 is 1.17 bits per heavy atom. The molecule has 3 atom stereocenters. The number of ether oxygens (including phenoxy) is 2. The molecule has 2 bridgehead atoms. The number of aromatic nitrogens is 1. The van der Waals surface area contributed by atoms with Crippen molar-refractivity contribution in [3.05, 3.63) is 30.1 Å². The summed E-state index contributed by atoms with van der Waals surface area (Å²) in [6.45, 7) is 7.41. The average Bonchev–Trinajstić information content (AvgIpc) is 3.22. The summed E-state index contributed by atoms with van der Waals surface area (Å²) in [5.74, 6) is 0. The van der Waals surface area contributed by atoms with Crippen molar-refractivity contribution < 1.29 is 9.47 Å². The Morgan fingerprint density at radius 2 is 2.08 bits per heavy atom. The molecule has 2 aliphatic heterocycles. The monoisotopic (exact) mass is 331 g/mol. The maximum Gasteiger partial charge on any atom is 0.0995 e. The lowest BCUT2D eigenvalue weighted by atomic mass is 10.1. The van der Waals surface area contributed by atoms with E-state index in [-0.39, 0.29) is 12.2 Å². The number of hydrogen-bond donors (Lipinski definition) is 0. The van der Waals surface area contributed by atoms with Crippen LogP contribution in [0.25, 0.3) is 0 Å². The van der Waals surface area contributed by atoms with Crippen LogP contribution >= 0.6 is 0 Å². The minimum absolute atomic E-state index is 0.200. The quantitative estimate of drug-likeness (QED) is 0.796. The Kier molecular flexibility index (Phi) is 5.43. The lowest BCUT2D eigenvalue weighted by Gasteiger charge is -2.32. The largest absolute Gasteiger partial charge is 0.374 e. The van der Waals surface area contributed by atoms with Crippen LogP contribution in [0.3, 0.4) is 0 Å². The summed E-state index contributed by atoms with van der Waals surface area (Å²) in [7, 11) is 0. The van der Waals surface area contributed by atoms with Gasteiger partial charge < -0.3 is 14.4 Å². The predicted octanol–water partition coefficient (Wildman–Crippen LogP) is 1.93. The molecule has 1 aromatic rings. The van der Waals surface area contributed by atoms with Crippen LogP contribution in [0.4, 0.5) is 0 Å². The maximum absolute atomic E-state index is 6.32. The molecule has 5 heteroatoms. The summed E-state index contributed by atoms with van der Waals surface area (Å²) in [4.78, 5) is 9.41. The van der Waals surface area contributed by atoms with E-state index in [4.69, 9.17) is 9.47 Å². The topological polar surface area (TPSA) is 37.8 Å². The molecular weight excluding hydrogens is 302 g/mol. The minimum Gasteiger partial charge on any atom is -0.374 e. The van der Waals surface area contributed by atoms with Crippen molar-refractivity contribution in [1.82, 2.24) is 14.8 Å². The summed E-state index contributed by atoms with van der Waals surface area (Å²) in [6.07, 6.45) is 9.23. The fourth-order valence-electron chi connectivity index (χ4n) is 4.42. The highest BCUT2D eigenvalue weighted by Gasteiger charge is 2.42. The standard InChI is InChI=1S/C19H29N3O2/c1-2-9-21(8-1)10-11-22-12-13-23-18-6-5-17(22)19(18)24-15-16-4-3-7-20-14-16/h3-4,7,14,17-19H,1-2,5-6,8-13,15H2. The molecule has 132 valence electrons. The van der Waals surface area contributed by atoms with E-state index in [1.54, 1.807) is 0 Å². The molecule has 0 radical (unpaired) electrons. The van der Waals surface area contributed by atoms with E-state index in [1.807, 2.05) is 18.5 Å². The van der Waals surface area contributed by atoms with Crippen LogP contribution in [0.1, 0.15) is 31.2 Å². The van der Waals surface area contributed by atoms with Gasteiger partial charge in [0.15, 0.2) is 0 Å². The van der Waals surface area contributed by atoms with Crippen LogP contribution in [0.15, 0.2) is 24.5 Å². The van der Waals surface area contributed by atoms with Gasteiger partial charge in [0.1, 0.15) is 0 Å². The molecule has 0 spiro atoms. The van der Waals surface area contributed by atoms with Crippen molar-refractivity contribution in [2.75, 3.05) is 39.3 Å². The highest BCUT2D eigenvalue weighted by atomic mass is 16.5. The lowest BCUT2D eigenvalue weighted by Crippen LogP contribution is -2.46. The zero-order valence-electron chi connectivity index (χ0n) is 14.5. The average molecular weight is 331 g/mol. The van der Waals surface area contributed by atoms with E-state index in [1.165, 1.54) is 38.9 Å². The second kappa shape index (κ2) is 7.91. The SMILES string of the molecule is c1cncc(COC2C3CCC2N(CCN2CCCC2)CCO3)c1. The third-order valence-corrected chi connectivity index (χ3v) is 5.74. The second-order valence-corrected chi connectivity index (χ2v) is 7.28. The minimum atomic E-state index is 0.200. The van der Waals surface area contributed by atoms with Crippen LogP contribution in [0.2, 0.25) is 0 Å². The fourth-order valence-corrected chi connectivity index (χ4v) is 4.42. The number of likely N-dealkylation sites (tertiary alicyclic amines) is 1. The molecule has 0 N–H and O–H groups in total. The van der Waals surface area contributed by atoms with Gasteiger partial charge in [-0.05, 0) is 50.4 Å². The van der Waals surface area contributed by atoms with E-state index in [2.05, 4.69) is 20.9 Å². The molecule has 1 saturated carbocycles. The number of rotatable bonds is 6. The highest BCUT2D eigenvalue weighted by molar-refractivity contribution is 5.07. The van der Waals surface area contributed by atoms with Gasteiger partial charge in [-0.1, -0.05) is 6.07 Å². The number of hydrogen-bond acceptors (Lipinski definition) is 5. The third kappa shape index (κ3) is 3.80. The smallest absolute Gasteiger partial charge is 0.0995 e. The number of nitrogens with zero attached hydrogens (tertiary/aromatic N) is 3. The van der Waals surface area contributed by atoms with Gasteiger partial charge in [-0.15, -0.1) is 0 Å². The van der Waals surface area contributed by atoms with Crippen molar-refractivity contribution in [3.63, 3.8) is 0 Å². The molecular formula is C19H29N3O2. The first kappa shape index (κ1) is 16.5. The first-order valence-electron chi connectivity index (χ1n) is 9.49. The second-order valence-electron chi connectivity index (χ2n) is 7.28. The molecule has 3 heterocycles. The van der Waals surface area contributed by atoms with E-state index >= 15 is 0 Å². The zero-order chi connectivity index (χ0) is 16.2. The Hall–Kier alpha value is -1.01. The fraction of sp³-hybridized carbons (Fsp3) is 0.737. The Morgan fingerprint density at radius 3 is 2.92 bits per heavy atom. The molecule has 0 amide bonds. The van der Waals surface area contributed by atoms with Crippen molar-refractivity contribution in [1.29, 1.82) is 0 Å². The molecule has 2 saturated heterocycles. The van der Waals surface area contributed by atoms with Gasteiger partial charge in [-0.3, -0.25) is 9.88 Å². The number of fused-ring (bicyclic) bond motifs is 2. The molecule has 24 heavy (non-hydrogen) atoms. The van der Waals surface area contributed by atoms with Crippen molar-refractivity contribution in [2.24, 2.45) is 0 Å². The maximum atomic E-state index is 6.32. The Labute approximate surface area is 144 Å². The first-order valence-corrected chi connectivity index (χ1v) is 9.49. The Balaban J connectivity index is 1.35. The van der Waals surface area contributed by atoms with Crippen LogP contribution in [0.5, 0.6) is 0 Å². The van der Waals surface area contributed by atoms with E-state index < -0.39 is 0 Å². The van der Waals surface area contributed by atoms with Gasteiger partial charge in [-0.2, -0.15) is 0 Å². The van der Waals surface area contributed by atoms with Gasteiger partial charge in [0.25, 0.3) is 0 Å². The predicted molar refractivity (Wildman–Crippen MR) is 92.8 cm³/mol. The lowest BCUT2D eigenvalue weighted by molar-refractivity contribution is -0.0612. The van der Waals surface area contributed by atoms with Crippen LogP contribution < -0.4 is 0 Å². The van der Waals surface area contributed by atoms with Crippen molar-refractivity contribution in [2.45, 2.75) is 50.5 Å². The van der Waals surface area contributed by atoms with Crippen LogP contribution in [-0.4, -0.2) is 72.4 Å². The highest BCUT2D eigenvalue weighted by Crippen LogP contribution is 2.32. The van der Waals surface area contributed by atoms with E-state index in [9.17, 15) is 0 Å². The molecule has 0 aromatic carbocycles. The molecule has 4 rings (SSSR count). The molecule has 5 nitrogen and oxygen atoms in total. The van der Waals surface area contributed by atoms with Gasteiger partial charge in [0.05, 0.1) is 25.4 Å². The van der Waals surface area contributed by atoms with Crippen LogP contribution in [0, 0.1) is 0 Å². The normalized spacial score (nSPS) is 31.4. The van der Waals surface area contributed by atoms with E-state index in [0.29, 0.717) is 12.6 Å². The zero-order valence-corrected chi connectivity index (χ0v) is 14.5. The molecule has 1 aromatic heterocycles. The summed E-state index contributed by atoms with van der Waals surface area (Å²) in [5.41, 5.74) is 1.14. The van der Waals surface area contributed by atoms with Gasteiger partial charge in [0.2, 0.25) is 0 Å². The molecule has 3 aliphatic rings. The summed E-state index contributed by atoms with van der Waals surface area (Å²) < 4.78 is 12.4. The Bertz CT molecular complexity index is 507. The molecule has 1 aliphatic carbocycles. The third-order valence-electron chi connectivity index (χ3n) is 5.74. The number of pyridine rings is 1. The van der Waals surface area contributed by atoms with Crippen LogP contribution in [-0.2, 0) is 16.1 Å². The molecule has 3 fully saturated rings. The summed E-state index contributed by atoms with van der Waals surface area (Å²) in [5, 5.41) is 0. The van der Waals surface area contributed by atoms with E-state index in [0.717, 1.165) is 31.7 Å². The van der Waals surface area contributed by atoms with Gasteiger partial charge >= 0.3 is 0 Å². The summed E-state index contributed by atoms with van der Waals surface area (Å²) in [6, 6.07) is 4.56. The van der Waals surface area contributed by atoms with Gasteiger partial charge in [-0.25, -0.2) is 0 Å². The summed E-state index contributed by atoms with van der Waals surface area (Å²) >= 11 is 0. The van der Waals surface area contributed by atoms with Crippen molar-refractivity contribution >= 4 is 0 Å². The van der Waals surface area contributed by atoms with Crippen molar-refractivity contribution in [3.8, 4) is 0 Å². The molecule has 3 unspecified atom stereocenters. The van der Waals surface area contributed by atoms with Gasteiger partial charge in [0, 0.05) is 38.1 Å². The first-order chi connectivity index (χ1) is 11.9.